The van der Waals surface area contributed by atoms with E-state index in [1.54, 1.807) is 13.0 Å². The number of aliphatic hydroxyl groups is 1. The molecule has 0 spiro atoms. The number of carbonyl (C=O) groups excluding carboxylic acids is 2. The van der Waals surface area contributed by atoms with Gasteiger partial charge in [0.25, 0.3) is 5.91 Å². The van der Waals surface area contributed by atoms with Gasteiger partial charge in [-0.2, -0.15) is 0 Å². The SMILES string of the molecule is CC(NC(=O)c1cccs1)C(=O)N(CCCO)C1CCC1. The normalized spacial score (nSPS) is 16.1. The van der Waals surface area contributed by atoms with Gasteiger partial charge in [-0.25, -0.2) is 0 Å². The molecule has 2 amide bonds. The summed E-state index contributed by atoms with van der Waals surface area (Å²) in [5.41, 5.74) is 0. The van der Waals surface area contributed by atoms with Crippen molar-refractivity contribution in [3.8, 4) is 0 Å². The molecule has 6 heteroatoms. The molecule has 0 aromatic carbocycles. The third kappa shape index (κ3) is 4.04. The van der Waals surface area contributed by atoms with Crippen LogP contribution in [0, 0.1) is 0 Å². The first-order chi connectivity index (χ1) is 10.1. The van der Waals surface area contributed by atoms with Crippen LogP contribution in [0.2, 0.25) is 0 Å². The summed E-state index contributed by atoms with van der Waals surface area (Å²) >= 11 is 1.36. The summed E-state index contributed by atoms with van der Waals surface area (Å²) in [4.78, 5) is 27.0. The molecule has 0 saturated heterocycles. The Hall–Kier alpha value is -1.40. The summed E-state index contributed by atoms with van der Waals surface area (Å²) < 4.78 is 0. The maximum atomic E-state index is 12.5. The first-order valence-corrected chi connectivity index (χ1v) is 8.27. The van der Waals surface area contributed by atoms with Crippen molar-refractivity contribution in [1.29, 1.82) is 0 Å². The summed E-state index contributed by atoms with van der Waals surface area (Å²) in [5.74, 6) is -0.264. The second-order valence-corrected chi connectivity index (χ2v) is 6.31. The number of hydrogen-bond donors (Lipinski definition) is 2. The lowest BCUT2D eigenvalue weighted by molar-refractivity contribution is -0.137. The van der Waals surface area contributed by atoms with Gasteiger partial charge in [0, 0.05) is 19.2 Å². The Bertz CT molecular complexity index is 471. The van der Waals surface area contributed by atoms with E-state index in [-0.39, 0.29) is 24.5 Å². The minimum absolute atomic E-state index is 0.0574. The molecule has 2 rings (SSSR count). The van der Waals surface area contributed by atoms with E-state index in [0.717, 1.165) is 19.3 Å². The minimum atomic E-state index is -0.543. The third-order valence-corrected chi connectivity index (χ3v) is 4.69. The molecule has 0 radical (unpaired) electrons. The monoisotopic (exact) mass is 310 g/mol. The van der Waals surface area contributed by atoms with Crippen molar-refractivity contribution in [3.63, 3.8) is 0 Å². The van der Waals surface area contributed by atoms with Gasteiger partial charge >= 0.3 is 0 Å². The molecule has 0 bridgehead atoms. The van der Waals surface area contributed by atoms with E-state index in [4.69, 9.17) is 5.11 Å². The van der Waals surface area contributed by atoms with Gasteiger partial charge in [-0.3, -0.25) is 9.59 Å². The van der Waals surface area contributed by atoms with Crippen molar-refractivity contribution >= 4 is 23.2 Å². The molecule has 1 aliphatic rings. The van der Waals surface area contributed by atoms with Gasteiger partial charge in [-0.05, 0) is 44.1 Å². The number of aliphatic hydroxyl groups excluding tert-OH is 1. The van der Waals surface area contributed by atoms with Crippen molar-refractivity contribution in [1.82, 2.24) is 10.2 Å². The van der Waals surface area contributed by atoms with Crippen LogP contribution < -0.4 is 5.32 Å². The van der Waals surface area contributed by atoms with E-state index < -0.39 is 6.04 Å². The smallest absolute Gasteiger partial charge is 0.261 e. The average Bonchev–Trinajstić information content (AvgIpc) is 2.94. The van der Waals surface area contributed by atoms with Crippen LogP contribution in [0.1, 0.15) is 42.3 Å². The summed E-state index contributed by atoms with van der Waals surface area (Å²) in [6, 6.07) is 3.28. The van der Waals surface area contributed by atoms with Crippen LogP contribution in [0.5, 0.6) is 0 Å². The van der Waals surface area contributed by atoms with Gasteiger partial charge in [-0.15, -0.1) is 11.3 Å². The van der Waals surface area contributed by atoms with Gasteiger partial charge in [0.1, 0.15) is 6.04 Å². The summed E-state index contributed by atoms with van der Waals surface area (Å²) in [6.45, 7) is 2.35. The van der Waals surface area contributed by atoms with Gasteiger partial charge in [0.2, 0.25) is 5.91 Å². The zero-order valence-electron chi connectivity index (χ0n) is 12.2. The van der Waals surface area contributed by atoms with Gasteiger partial charge in [-0.1, -0.05) is 6.07 Å². The lowest BCUT2D eigenvalue weighted by Gasteiger charge is -2.39. The van der Waals surface area contributed by atoms with Gasteiger partial charge < -0.3 is 15.3 Å². The summed E-state index contributed by atoms with van der Waals surface area (Å²) in [5, 5.41) is 13.6. The maximum Gasteiger partial charge on any atom is 0.261 e. The van der Waals surface area contributed by atoms with Crippen molar-refractivity contribution < 1.29 is 14.7 Å². The number of nitrogens with one attached hydrogen (secondary N) is 1. The van der Waals surface area contributed by atoms with Gasteiger partial charge in [0.15, 0.2) is 0 Å². The molecular weight excluding hydrogens is 288 g/mol. The van der Waals surface area contributed by atoms with Crippen molar-refractivity contribution in [2.75, 3.05) is 13.2 Å². The number of nitrogens with zero attached hydrogens (tertiary/aromatic N) is 1. The van der Waals surface area contributed by atoms with E-state index in [2.05, 4.69) is 5.32 Å². The lowest BCUT2D eigenvalue weighted by Crippen LogP contribution is -2.52. The first kappa shape index (κ1) is 16.0. The van der Waals surface area contributed by atoms with Crippen molar-refractivity contribution in [2.24, 2.45) is 0 Å². The van der Waals surface area contributed by atoms with Gasteiger partial charge in [0.05, 0.1) is 4.88 Å². The second kappa shape index (κ2) is 7.56. The largest absolute Gasteiger partial charge is 0.396 e. The fraction of sp³-hybridized carbons (Fsp3) is 0.600. The molecule has 1 aromatic heterocycles. The molecule has 2 N–H and O–H groups in total. The molecule has 1 atom stereocenters. The Balaban J connectivity index is 1.93. The number of thiophene rings is 1. The molecule has 1 aliphatic carbocycles. The fourth-order valence-corrected chi connectivity index (χ4v) is 3.02. The molecular formula is C15H22N2O3S. The van der Waals surface area contributed by atoms with Crippen LogP contribution in [-0.4, -0.2) is 47.1 Å². The Labute approximate surface area is 129 Å². The zero-order valence-corrected chi connectivity index (χ0v) is 13.1. The lowest BCUT2D eigenvalue weighted by atomic mass is 9.91. The van der Waals surface area contributed by atoms with Crippen molar-refractivity contribution in [2.45, 2.75) is 44.7 Å². The zero-order chi connectivity index (χ0) is 15.2. The van der Waals surface area contributed by atoms with E-state index in [1.807, 2.05) is 16.3 Å². The fourth-order valence-electron chi connectivity index (χ4n) is 2.40. The topological polar surface area (TPSA) is 69.6 Å². The highest BCUT2D eigenvalue weighted by atomic mass is 32.1. The van der Waals surface area contributed by atoms with E-state index in [0.29, 0.717) is 17.8 Å². The molecule has 1 aromatic rings. The average molecular weight is 310 g/mol. The number of hydrogen-bond acceptors (Lipinski definition) is 4. The number of rotatable bonds is 7. The summed E-state index contributed by atoms with van der Waals surface area (Å²) in [7, 11) is 0. The molecule has 5 nitrogen and oxygen atoms in total. The number of carbonyl (C=O) groups is 2. The van der Waals surface area contributed by atoms with Crippen LogP contribution in [-0.2, 0) is 4.79 Å². The highest BCUT2D eigenvalue weighted by molar-refractivity contribution is 7.12. The van der Waals surface area contributed by atoms with Crippen LogP contribution in [0.25, 0.3) is 0 Å². The maximum absolute atomic E-state index is 12.5. The first-order valence-electron chi connectivity index (χ1n) is 7.39. The molecule has 1 saturated carbocycles. The molecule has 21 heavy (non-hydrogen) atoms. The Kier molecular flexibility index (Phi) is 5.76. The highest BCUT2D eigenvalue weighted by Crippen LogP contribution is 2.25. The third-order valence-electron chi connectivity index (χ3n) is 3.82. The predicted octanol–water partition coefficient (Wildman–Crippen LogP) is 1.63. The van der Waals surface area contributed by atoms with E-state index in [1.165, 1.54) is 11.3 Å². The molecule has 0 aliphatic heterocycles. The standard InChI is InChI=1S/C15H22N2O3S/c1-11(16-14(19)13-7-3-10-21-13)15(20)17(8-4-9-18)12-5-2-6-12/h3,7,10-12,18H,2,4-6,8-9H2,1H3,(H,16,19). The predicted molar refractivity (Wildman–Crippen MR) is 82.3 cm³/mol. The molecule has 1 heterocycles. The van der Waals surface area contributed by atoms with Crippen LogP contribution >= 0.6 is 11.3 Å². The Morgan fingerprint density at radius 1 is 1.52 bits per heavy atom. The van der Waals surface area contributed by atoms with Crippen LogP contribution in [0.4, 0.5) is 0 Å². The molecule has 1 unspecified atom stereocenters. The number of amides is 2. The quantitative estimate of drug-likeness (QED) is 0.804. The van der Waals surface area contributed by atoms with Crippen LogP contribution in [0.3, 0.4) is 0 Å². The Morgan fingerprint density at radius 3 is 2.81 bits per heavy atom. The van der Waals surface area contributed by atoms with Crippen LogP contribution in [0.15, 0.2) is 17.5 Å². The molecule has 116 valence electrons. The van der Waals surface area contributed by atoms with Crippen molar-refractivity contribution in [3.05, 3.63) is 22.4 Å². The highest BCUT2D eigenvalue weighted by Gasteiger charge is 2.31. The van der Waals surface area contributed by atoms with E-state index >= 15 is 0 Å². The molecule has 1 fully saturated rings. The minimum Gasteiger partial charge on any atom is -0.396 e. The van der Waals surface area contributed by atoms with E-state index in [9.17, 15) is 9.59 Å². The Morgan fingerprint density at radius 2 is 2.29 bits per heavy atom. The second-order valence-electron chi connectivity index (χ2n) is 5.37. The summed E-state index contributed by atoms with van der Waals surface area (Å²) in [6.07, 6.45) is 3.75.